The maximum absolute atomic E-state index is 14.4. The number of aromatic nitrogens is 1. The molecule has 25 N–H and O–H groups in total. The average molecular weight is 928 g/mol. The van der Waals surface area contributed by atoms with Gasteiger partial charge in [-0.05, 0) is 68.9 Å². The molecule has 0 spiro atoms. The topological polar surface area (TPSA) is 472 Å². The number of para-hydroxylation sites is 1. The van der Waals surface area contributed by atoms with Crippen LogP contribution in [0.15, 0.2) is 30.5 Å². The SMILES string of the molecule is CC(C)[C@H](NC(=O)[C@H](Cc1c[nH]c2ccccc12)NC(=O)[C@H](CCCNC(=N)N)NC(=O)[C@@H](N)CCCNC(=N)N)C(=O)N[C@@H](CCCNC(=N)N)C(=O)N[C@@H](CCCNC(=N)N)C(=O)O. The molecule has 0 aliphatic rings. The van der Waals surface area contributed by atoms with Crippen molar-refractivity contribution >= 4 is 70.2 Å². The van der Waals surface area contributed by atoms with E-state index in [1.54, 1.807) is 26.1 Å². The fraction of sp³-hybridized carbons (Fsp3) is 0.550. The number of hydrogen-bond donors (Lipinski definition) is 20. The number of amides is 5. The van der Waals surface area contributed by atoms with Crippen LogP contribution in [-0.2, 0) is 35.2 Å². The lowest BCUT2D eigenvalue weighted by Gasteiger charge is -2.29. The first-order valence-corrected chi connectivity index (χ1v) is 21.6. The monoisotopic (exact) mass is 928 g/mol. The van der Waals surface area contributed by atoms with E-state index in [1.807, 2.05) is 18.2 Å². The second-order valence-electron chi connectivity index (χ2n) is 15.9. The first-order chi connectivity index (χ1) is 31.2. The van der Waals surface area contributed by atoms with Crippen LogP contribution in [0.5, 0.6) is 0 Å². The Morgan fingerprint density at radius 2 is 0.985 bits per heavy atom. The number of carboxylic acids is 1. The second-order valence-corrected chi connectivity index (χ2v) is 15.9. The molecule has 366 valence electrons. The van der Waals surface area contributed by atoms with Gasteiger partial charge in [0, 0.05) is 49.7 Å². The number of rotatable bonds is 30. The summed E-state index contributed by atoms with van der Waals surface area (Å²) in [5.41, 5.74) is 29.0. The van der Waals surface area contributed by atoms with Crippen LogP contribution >= 0.6 is 0 Å². The van der Waals surface area contributed by atoms with Crippen LogP contribution in [0.2, 0.25) is 0 Å². The number of carbonyl (C=O) groups excluding carboxylic acids is 5. The van der Waals surface area contributed by atoms with Crippen molar-refractivity contribution in [2.24, 2.45) is 34.6 Å². The minimum atomic E-state index is -1.36. The molecule has 0 unspecified atom stereocenters. The summed E-state index contributed by atoms with van der Waals surface area (Å²) in [6.07, 6.45) is 2.86. The zero-order valence-electron chi connectivity index (χ0n) is 37.4. The highest BCUT2D eigenvalue weighted by Crippen LogP contribution is 2.20. The second kappa shape index (κ2) is 28.4. The van der Waals surface area contributed by atoms with Crippen molar-refractivity contribution < 1.29 is 33.9 Å². The third-order valence-electron chi connectivity index (χ3n) is 10.2. The van der Waals surface area contributed by atoms with Crippen molar-refractivity contribution in [3.05, 3.63) is 36.0 Å². The number of guanidine groups is 4. The number of nitrogens with two attached hydrogens (primary N) is 5. The summed E-state index contributed by atoms with van der Waals surface area (Å²) in [7, 11) is 0. The maximum atomic E-state index is 14.4. The van der Waals surface area contributed by atoms with E-state index in [1.165, 1.54) is 0 Å². The first kappa shape index (κ1) is 54.8. The third-order valence-corrected chi connectivity index (χ3v) is 10.2. The van der Waals surface area contributed by atoms with E-state index >= 15 is 0 Å². The van der Waals surface area contributed by atoms with Crippen molar-refractivity contribution in [1.29, 1.82) is 21.6 Å². The minimum Gasteiger partial charge on any atom is -0.480 e. The van der Waals surface area contributed by atoms with Crippen molar-refractivity contribution in [2.45, 2.75) is 108 Å². The quantitative estimate of drug-likeness (QED) is 0.0203. The van der Waals surface area contributed by atoms with Crippen molar-refractivity contribution in [2.75, 3.05) is 26.2 Å². The van der Waals surface area contributed by atoms with E-state index in [4.69, 9.17) is 50.3 Å². The number of carbonyl (C=O) groups is 6. The summed E-state index contributed by atoms with van der Waals surface area (Å²) in [6, 6.07) is -0.257. The van der Waals surface area contributed by atoms with E-state index < -0.39 is 77.7 Å². The number of aromatic amines is 1. The third kappa shape index (κ3) is 20.4. The number of fused-ring (bicyclic) bond motifs is 1. The predicted molar refractivity (Wildman–Crippen MR) is 249 cm³/mol. The molecule has 0 fully saturated rings. The molecule has 5 amide bonds. The molecule has 0 saturated heterocycles. The summed E-state index contributed by atoms with van der Waals surface area (Å²) >= 11 is 0. The highest BCUT2D eigenvalue weighted by atomic mass is 16.4. The highest BCUT2D eigenvalue weighted by molar-refractivity contribution is 5.97. The van der Waals surface area contributed by atoms with Gasteiger partial charge in [-0.25, -0.2) is 4.79 Å². The summed E-state index contributed by atoms with van der Waals surface area (Å²) in [4.78, 5) is 84.8. The molecule has 6 atom stereocenters. The molecule has 0 radical (unpaired) electrons. The highest BCUT2D eigenvalue weighted by Gasteiger charge is 2.34. The Morgan fingerprint density at radius 3 is 1.45 bits per heavy atom. The van der Waals surface area contributed by atoms with Gasteiger partial charge < -0.3 is 86.6 Å². The van der Waals surface area contributed by atoms with Crippen LogP contribution in [0.1, 0.15) is 70.8 Å². The van der Waals surface area contributed by atoms with Crippen LogP contribution in [0, 0.1) is 27.6 Å². The molecule has 66 heavy (non-hydrogen) atoms. The van der Waals surface area contributed by atoms with E-state index in [9.17, 15) is 33.9 Å². The van der Waals surface area contributed by atoms with E-state index in [2.05, 4.69) is 52.8 Å². The summed E-state index contributed by atoms with van der Waals surface area (Å²) in [6.45, 7) is 4.10. The molecule has 0 aliphatic heterocycles. The van der Waals surface area contributed by atoms with E-state index in [0.29, 0.717) is 12.0 Å². The van der Waals surface area contributed by atoms with Crippen molar-refractivity contribution in [3.8, 4) is 0 Å². The van der Waals surface area contributed by atoms with Crippen LogP contribution < -0.4 is 76.5 Å². The number of H-pyrrole nitrogens is 1. The lowest BCUT2D eigenvalue weighted by Crippen LogP contribution is -2.60. The smallest absolute Gasteiger partial charge is 0.326 e. The van der Waals surface area contributed by atoms with Crippen LogP contribution in [-0.4, -0.2) is 132 Å². The van der Waals surface area contributed by atoms with E-state index in [0.717, 1.165) is 10.9 Å². The molecule has 2 rings (SSSR count). The van der Waals surface area contributed by atoms with Crippen LogP contribution in [0.25, 0.3) is 10.9 Å². The molecule has 26 heteroatoms. The Hall–Kier alpha value is -7.38. The van der Waals surface area contributed by atoms with Crippen LogP contribution in [0.4, 0.5) is 0 Å². The maximum Gasteiger partial charge on any atom is 0.326 e. The summed E-state index contributed by atoms with van der Waals surface area (Å²) < 4.78 is 0. The number of benzene rings is 1. The lowest BCUT2D eigenvalue weighted by atomic mass is 9.99. The molecular weight excluding hydrogens is 859 g/mol. The molecule has 0 bridgehead atoms. The van der Waals surface area contributed by atoms with Gasteiger partial charge in [-0.1, -0.05) is 32.0 Å². The molecule has 26 nitrogen and oxygen atoms in total. The van der Waals surface area contributed by atoms with Crippen LogP contribution in [0.3, 0.4) is 0 Å². The van der Waals surface area contributed by atoms with Gasteiger partial charge in [-0.2, -0.15) is 0 Å². The molecule has 0 aliphatic carbocycles. The Bertz CT molecular complexity index is 1990. The minimum absolute atomic E-state index is 0.0257. The Morgan fingerprint density at radius 1 is 0.576 bits per heavy atom. The van der Waals surface area contributed by atoms with E-state index in [-0.39, 0.29) is 101 Å². The fourth-order valence-corrected chi connectivity index (χ4v) is 6.66. The Balaban J connectivity index is 2.42. The first-order valence-electron chi connectivity index (χ1n) is 21.6. The molecule has 1 aromatic carbocycles. The largest absolute Gasteiger partial charge is 0.480 e. The van der Waals surface area contributed by atoms with Gasteiger partial charge in [0.15, 0.2) is 23.8 Å². The van der Waals surface area contributed by atoms with Gasteiger partial charge in [0.05, 0.1) is 6.04 Å². The van der Waals surface area contributed by atoms with Gasteiger partial charge in [-0.15, -0.1) is 0 Å². The van der Waals surface area contributed by atoms with Gasteiger partial charge >= 0.3 is 5.97 Å². The fourth-order valence-electron chi connectivity index (χ4n) is 6.66. The number of carboxylic acid groups (broad SMARTS) is 1. The Labute approximate surface area is 382 Å². The summed E-state index contributed by atoms with van der Waals surface area (Å²) in [5, 5.41) is 63.8. The Kier molecular flexibility index (Phi) is 23.6. The average Bonchev–Trinajstić information content (AvgIpc) is 3.65. The zero-order valence-corrected chi connectivity index (χ0v) is 37.4. The zero-order chi connectivity index (χ0) is 49.3. The molecule has 2 aromatic rings. The van der Waals surface area contributed by atoms with Gasteiger partial charge in [-0.3, -0.25) is 45.6 Å². The van der Waals surface area contributed by atoms with Gasteiger partial charge in [0.25, 0.3) is 0 Å². The lowest BCUT2D eigenvalue weighted by molar-refractivity contribution is -0.142. The molecule has 1 heterocycles. The van der Waals surface area contributed by atoms with Crippen molar-refractivity contribution in [1.82, 2.24) is 52.8 Å². The number of aliphatic carboxylic acids is 1. The normalized spacial score (nSPS) is 13.6. The number of nitrogens with one attached hydrogen (secondary N) is 14. The van der Waals surface area contributed by atoms with Gasteiger partial charge in [0.2, 0.25) is 29.5 Å². The molecule has 0 saturated carbocycles. The van der Waals surface area contributed by atoms with Gasteiger partial charge in [0.1, 0.15) is 30.2 Å². The predicted octanol–water partition coefficient (Wildman–Crippen LogP) is -3.74. The number of hydrogen-bond acceptors (Lipinski definition) is 11. The molecule has 1 aromatic heterocycles. The molecular formula is C40H69N19O7. The summed E-state index contributed by atoms with van der Waals surface area (Å²) in [5.74, 6) is -6.87. The standard InChI is InChI=1S/C40H69N19O7/c1-21(2)30(35(64)56-27(13-7-17-52-39(46)47)32(61)57-28(36(65)66)14-8-18-53-40(48)49)59-34(63)29(19-22-20-54-25-11-4-3-9-23(22)25)58-33(62)26(12-6-16-51-38(44)45)55-31(60)24(41)10-5-15-50-37(42)43/h3-4,9,11,20-21,24,26-30,54H,5-8,10,12-19,41H2,1-2H3,(H,55,60)(H,56,64)(H,57,61)(H,58,62)(H,59,63)(H,65,66)(H4,42,43,50)(H4,44,45,51)(H4,46,47,52)(H4,48,49,53)/t24-,26-,27-,28-,29-,30-/m0/s1. The van der Waals surface area contributed by atoms with Crippen molar-refractivity contribution in [3.63, 3.8) is 0 Å².